The molecule has 8 atom stereocenters. The molecular formula is C42H49NO4. The first-order chi connectivity index (χ1) is 22.4. The molecule has 0 radical (unpaired) electrons. The van der Waals surface area contributed by atoms with Gasteiger partial charge in [0.15, 0.2) is 0 Å². The standard InChI is InChI=1S/C42H49NO4/c1-39(2)30(26-13-11-25(12-14-26)29-24-43-33-10-6-5-8-28(33)36(29)37(44)45)17-21-41(4)34(39)19-22-40(3)31-18-23-42(38(46)47)20-7-9-32(42)27(31)15-16-35(40)41/h5-6,8,10-14,17,24,27,31-32,34-35H,7,9,15-16,18-23H2,1-4H3,(H,44,45)(H,46,47)/t27-,31?,32?,34?,35?,40-,41-,42-/m0/s1. The Morgan fingerprint density at radius 1 is 0.766 bits per heavy atom. The highest BCUT2D eigenvalue weighted by Gasteiger charge is 2.66. The van der Waals surface area contributed by atoms with E-state index in [4.69, 9.17) is 0 Å². The van der Waals surface area contributed by atoms with Gasteiger partial charge in [-0.15, -0.1) is 0 Å². The average molecular weight is 632 g/mol. The number of hydrogen-bond acceptors (Lipinski definition) is 3. The molecule has 2 N–H and O–H groups in total. The molecule has 2 aromatic carbocycles. The number of nitrogens with zero attached hydrogens (tertiary/aromatic N) is 1. The summed E-state index contributed by atoms with van der Waals surface area (Å²) in [7, 11) is 0. The molecule has 5 aliphatic rings. The Labute approximate surface area is 278 Å². The van der Waals surface area contributed by atoms with Gasteiger partial charge >= 0.3 is 11.9 Å². The molecule has 1 aromatic heterocycles. The summed E-state index contributed by atoms with van der Waals surface area (Å²) in [4.78, 5) is 29.6. The first-order valence-electron chi connectivity index (χ1n) is 18.1. The summed E-state index contributed by atoms with van der Waals surface area (Å²) in [5.74, 6) is 1.37. The largest absolute Gasteiger partial charge is 0.481 e. The molecule has 47 heavy (non-hydrogen) atoms. The molecule has 5 heteroatoms. The number of carboxylic acid groups (broad SMARTS) is 2. The smallest absolute Gasteiger partial charge is 0.337 e. The number of hydrogen-bond donors (Lipinski definition) is 2. The molecule has 5 aliphatic carbocycles. The number of aromatic nitrogens is 1. The van der Waals surface area contributed by atoms with E-state index in [0.29, 0.717) is 51.6 Å². The van der Waals surface area contributed by atoms with E-state index in [1.807, 2.05) is 24.3 Å². The zero-order valence-electron chi connectivity index (χ0n) is 28.4. The predicted octanol–water partition coefficient (Wildman–Crippen LogP) is 10.1. The van der Waals surface area contributed by atoms with Crippen molar-refractivity contribution in [3.05, 3.63) is 71.9 Å². The lowest BCUT2D eigenvalue weighted by atomic mass is 9.36. The molecule has 8 rings (SSSR count). The molecule has 4 fully saturated rings. The van der Waals surface area contributed by atoms with E-state index in [1.165, 1.54) is 36.8 Å². The maximum atomic E-state index is 12.6. The van der Waals surface area contributed by atoms with Crippen LogP contribution in [0.2, 0.25) is 0 Å². The van der Waals surface area contributed by atoms with Gasteiger partial charge in [-0.3, -0.25) is 9.78 Å². The summed E-state index contributed by atoms with van der Waals surface area (Å²) >= 11 is 0. The Morgan fingerprint density at radius 3 is 2.26 bits per heavy atom. The van der Waals surface area contributed by atoms with Gasteiger partial charge < -0.3 is 10.2 Å². The number of pyridine rings is 1. The van der Waals surface area contributed by atoms with Crippen LogP contribution in [-0.2, 0) is 4.79 Å². The normalized spacial score (nSPS) is 37.2. The van der Waals surface area contributed by atoms with Crippen molar-refractivity contribution in [1.82, 2.24) is 4.98 Å². The molecule has 0 amide bonds. The third kappa shape index (κ3) is 4.23. The van der Waals surface area contributed by atoms with Crippen LogP contribution in [0, 0.1) is 51.2 Å². The number of para-hydroxylation sites is 1. The minimum absolute atomic E-state index is 0.0000957. The van der Waals surface area contributed by atoms with Crippen LogP contribution in [0.5, 0.6) is 0 Å². The van der Waals surface area contributed by atoms with Crippen molar-refractivity contribution >= 4 is 28.4 Å². The van der Waals surface area contributed by atoms with Crippen molar-refractivity contribution in [1.29, 1.82) is 0 Å². The molecule has 3 aromatic rings. The molecule has 0 saturated heterocycles. The second kappa shape index (κ2) is 10.5. The summed E-state index contributed by atoms with van der Waals surface area (Å²) in [6, 6.07) is 15.9. The van der Waals surface area contributed by atoms with E-state index in [-0.39, 0.29) is 16.2 Å². The van der Waals surface area contributed by atoms with Gasteiger partial charge in [0.05, 0.1) is 16.5 Å². The first kappa shape index (κ1) is 30.8. The Bertz CT molecular complexity index is 1810. The van der Waals surface area contributed by atoms with Crippen LogP contribution in [0.15, 0.2) is 60.8 Å². The first-order valence-corrected chi connectivity index (χ1v) is 18.1. The number of rotatable bonds is 4. The van der Waals surface area contributed by atoms with Crippen LogP contribution in [0.4, 0.5) is 0 Å². The van der Waals surface area contributed by atoms with E-state index >= 15 is 0 Å². The van der Waals surface area contributed by atoms with Crippen LogP contribution < -0.4 is 0 Å². The van der Waals surface area contributed by atoms with Gasteiger partial charge in [0.1, 0.15) is 0 Å². The van der Waals surface area contributed by atoms with Gasteiger partial charge in [0.25, 0.3) is 0 Å². The second-order valence-corrected chi connectivity index (χ2v) is 17.0. The Morgan fingerprint density at radius 2 is 1.51 bits per heavy atom. The monoisotopic (exact) mass is 631 g/mol. The van der Waals surface area contributed by atoms with Crippen molar-refractivity contribution in [2.24, 2.45) is 51.2 Å². The fraction of sp³-hybridized carbons (Fsp3) is 0.548. The van der Waals surface area contributed by atoms with Crippen molar-refractivity contribution in [3.8, 4) is 11.1 Å². The Hall–Kier alpha value is -3.47. The SMILES string of the molecule is CC1(C)C(c2ccc(-c3cnc4ccccc4c3C(=O)O)cc2)=CC[C@@]2(C)C1CC[C@@]1(C)C3CC[C@@]4(C(=O)O)CCCC4[C@H]3CCC12. The highest BCUT2D eigenvalue weighted by atomic mass is 16.4. The van der Waals surface area contributed by atoms with Crippen LogP contribution in [0.25, 0.3) is 27.6 Å². The Balaban J connectivity index is 1.09. The van der Waals surface area contributed by atoms with E-state index < -0.39 is 17.4 Å². The fourth-order valence-electron chi connectivity index (χ4n) is 13.1. The molecule has 246 valence electrons. The second-order valence-electron chi connectivity index (χ2n) is 17.0. The lowest BCUT2D eigenvalue weighted by molar-refractivity contribution is -0.187. The number of benzene rings is 2. The number of fused-ring (bicyclic) bond motifs is 8. The van der Waals surface area contributed by atoms with Crippen LogP contribution in [0.3, 0.4) is 0 Å². The van der Waals surface area contributed by atoms with Crippen molar-refractivity contribution in [2.75, 3.05) is 0 Å². The zero-order chi connectivity index (χ0) is 32.9. The third-order valence-corrected chi connectivity index (χ3v) is 15.0. The molecule has 5 nitrogen and oxygen atoms in total. The number of carboxylic acids is 2. The van der Waals surface area contributed by atoms with Crippen molar-refractivity contribution < 1.29 is 19.8 Å². The number of carbonyl (C=O) groups is 2. The summed E-state index contributed by atoms with van der Waals surface area (Å²) in [6.45, 7) is 10.1. The fourth-order valence-corrected chi connectivity index (χ4v) is 13.1. The average Bonchev–Trinajstić information content (AvgIpc) is 3.50. The minimum atomic E-state index is -0.936. The van der Waals surface area contributed by atoms with Crippen LogP contribution in [0.1, 0.15) is 108 Å². The van der Waals surface area contributed by atoms with Crippen LogP contribution in [-0.4, -0.2) is 27.1 Å². The van der Waals surface area contributed by atoms with Gasteiger partial charge in [-0.25, -0.2) is 4.79 Å². The van der Waals surface area contributed by atoms with Gasteiger partial charge in [-0.05, 0) is 126 Å². The summed E-state index contributed by atoms with van der Waals surface area (Å²) in [5, 5.41) is 21.2. The van der Waals surface area contributed by atoms with Gasteiger partial charge in [-0.1, -0.05) is 82.7 Å². The summed E-state index contributed by atoms with van der Waals surface area (Å²) in [5.41, 5.74) is 5.19. The molecule has 0 bridgehead atoms. The maximum absolute atomic E-state index is 12.6. The molecular weight excluding hydrogens is 582 g/mol. The van der Waals surface area contributed by atoms with E-state index in [1.54, 1.807) is 6.20 Å². The molecule has 0 aliphatic heterocycles. The van der Waals surface area contributed by atoms with Crippen LogP contribution >= 0.6 is 0 Å². The third-order valence-electron chi connectivity index (χ3n) is 15.0. The molecule has 4 saturated carbocycles. The quantitative estimate of drug-likeness (QED) is 0.299. The van der Waals surface area contributed by atoms with Crippen molar-refractivity contribution in [2.45, 2.75) is 91.9 Å². The molecule has 0 spiro atoms. The van der Waals surface area contributed by atoms with Gasteiger partial charge in [-0.2, -0.15) is 0 Å². The number of aromatic carboxylic acids is 1. The summed E-state index contributed by atoms with van der Waals surface area (Å²) in [6.07, 6.45) is 15.3. The number of allylic oxidation sites excluding steroid dienone is 2. The van der Waals surface area contributed by atoms with Crippen molar-refractivity contribution in [3.63, 3.8) is 0 Å². The Kier molecular flexibility index (Phi) is 6.90. The van der Waals surface area contributed by atoms with E-state index in [2.05, 4.69) is 63.0 Å². The summed E-state index contributed by atoms with van der Waals surface area (Å²) < 4.78 is 0. The lowest BCUT2D eigenvalue weighted by Crippen LogP contribution is -2.61. The maximum Gasteiger partial charge on any atom is 0.337 e. The highest BCUT2D eigenvalue weighted by molar-refractivity contribution is 6.08. The minimum Gasteiger partial charge on any atom is -0.481 e. The zero-order valence-corrected chi connectivity index (χ0v) is 28.4. The predicted molar refractivity (Wildman–Crippen MR) is 186 cm³/mol. The highest BCUT2D eigenvalue weighted by Crippen LogP contribution is 2.73. The molecule has 1 heterocycles. The van der Waals surface area contributed by atoms with Gasteiger partial charge in [0, 0.05) is 17.1 Å². The molecule has 4 unspecified atom stereocenters. The van der Waals surface area contributed by atoms with E-state index in [0.717, 1.165) is 44.1 Å². The van der Waals surface area contributed by atoms with Gasteiger partial charge in [0.2, 0.25) is 0 Å². The number of aliphatic carboxylic acids is 1. The lowest BCUT2D eigenvalue weighted by Gasteiger charge is -2.68. The van der Waals surface area contributed by atoms with E-state index in [9.17, 15) is 19.8 Å². The topological polar surface area (TPSA) is 87.5 Å².